The Morgan fingerprint density at radius 2 is 2.23 bits per heavy atom. The van der Waals surface area contributed by atoms with E-state index in [0.29, 0.717) is 42.3 Å². The first-order chi connectivity index (χ1) is 12.4. The molecule has 1 aliphatic rings. The first-order valence-corrected chi connectivity index (χ1v) is 8.57. The van der Waals surface area contributed by atoms with Crippen molar-refractivity contribution in [3.05, 3.63) is 35.0 Å². The zero-order valence-corrected chi connectivity index (χ0v) is 15.4. The van der Waals surface area contributed by atoms with Crippen LogP contribution in [0.1, 0.15) is 40.0 Å². The fraction of sp³-hybridized carbons (Fsp3) is 0.529. The number of nitrogens with zero attached hydrogens (tertiary/aromatic N) is 4. The molecule has 2 aromatic heterocycles. The number of amides is 2. The lowest BCUT2D eigenvalue weighted by Gasteiger charge is -2.15. The van der Waals surface area contributed by atoms with Crippen LogP contribution in [0.2, 0.25) is 0 Å². The zero-order chi connectivity index (χ0) is 18.8. The van der Waals surface area contributed by atoms with Gasteiger partial charge in [-0.05, 0) is 26.3 Å². The van der Waals surface area contributed by atoms with Crippen LogP contribution in [0.5, 0.6) is 0 Å². The van der Waals surface area contributed by atoms with E-state index < -0.39 is 0 Å². The first kappa shape index (κ1) is 18.1. The average Bonchev–Trinajstić information content (AvgIpc) is 3.33. The van der Waals surface area contributed by atoms with E-state index in [-0.39, 0.29) is 23.9 Å². The number of aryl methyl sites for hydroxylation is 2. The normalized spacial score (nSPS) is 19.5. The highest BCUT2D eigenvalue weighted by molar-refractivity contribution is 5.95. The second-order valence-electron chi connectivity index (χ2n) is 6.64. The van der Waals surface area contributed by atoms with Gasteiger partial charge in [-0.15, -0.1) is 5.10 Å². The third-order valence-corrected chi connectivity index (χ3v) is 4.62. The Morgan fingerprint density at radius 3 is 2.88 bits per heavy atom. The molecule has 9 nitrogen and oxygen atoms in total. The molecular formula is C17H24N6O3. The fourth-order valence-corrected chi connectivity index (χ4v) is 3.22. The predicted molar refractivity (Wildman–Crippen MR) is 93.5 cm³/mol. The highest BCUT2D eigenvalue weighted by Gasteiger charge is 2.30. The molecular weight excluding hydrogens is 336 g/mol. The molecule has 0 spiro atoms. The van der Waals surface area contributed by atoms with E-state index in [1.165, 1.54) is 0 Å². The fourth-order valence-electron chi connectivity index (χ4n) is 3.22. The number of furan rings is 1. The highest BCUT2D eigenvalue weighted by atomic mass is 16.3. The van der Waals surface area contributed by atoms with Crippen molar-refractivity contribution >= 4 is 11.8 Å². The highest BCUT2D eigenvalue weighted by Crippen LogP contribution is 2.20. The molecule has 26 heavy (non-hydrogen) atoms. The van der Waals surface area contributed by atoms with Crippen molar-refractivity contribution < 1.29 is 14.0 Å². The van der Waals surface area contributed by atoms with Gasteiger partial charge in [0.15, 0.2) is 0 Å². The van der Waals surface area contributed by atoms with Crippen LogP contribution in [-0.4, -0.2) is 58.4 Å². The molecule has 0 saturated carbocycles. The molecule has 1 aliphatic heterocycles. The SMILES string of the molecule is CNC(=O)[C@@H]1C[C@@H](n2cc(CN(C)C(=O)c3cc(C)oc3C)nn2)CN1. The maximum absolute atomic E-state index is 12.6. The number of hydrogen-bond acceptors (Lipinski definition) is 6. The lowest BCUT2D eigenvalue weighted by molar-refractivity contribution is -0.122. The van der Waals surface area contributed by atoms with Crippen molar-refractivity contribution in [2.75, 3.05) is 20.6 Å². The van der Waals surface area contributed by atoms with E-state index in [9.17, 15) is 9.59 Å². The molecule has 1 fully saturated rings. The van der Waals surface area contributed by atoms with Gasteiger partial charge in [0.2, 0.25) is 5.91 Å². The van der Waals surface area contributed by atoms with E-state index in [1.807, 2.05) is 13.1 Å². The van der Waals surface area contributed by atoms with Crippen molar-refractivity contribution in [1.29, 1.82) is 0 Å². The van der Waals surface area contributed by atoms with Gasteiger partial charge in [0.1, 0.15) is 17.2 Å². The van der Waals surface area contributed by atoms with Crippen LogP contribution >= 0.6 is 0 Å². The predicted octanol–water partition coefficient (Wildman–Crippen LogP) is 0.409. The standard InChI is InChI=1S/C17H24N6O3/c1-10-5-14(11(2)26-10)17(25)22(4)8-12-9-23(21-20-12)13-6-15(19-7-13)16(24)18-3/h5,9,13,15,19H,6-8H2,1-4H3,(H,18,24)/t13-,15+/m1/s1. The number of carbonyl (C=O) groups excluding carboxylic acids is 2. The van der Waals surface area contributed by atoms with Crippen LogP contribution in [0.15, 0.2) is 16.7 Å². The Labute approximate surface area is 151 Å². The average molecular weight is 360 g/mol. The first-order valence-electron chi connectivity index (χ1n) is 8.57. The van der Waals surface area contributed by atoms with Crippen LogP contribution in [0, 0.1) is 13.8 Å². The van der Waals surface area contributed by atoms with Crippen molar-refractivity contribution in [2.45, 2.75) is 38.9 Å². The number of carbonyl (C=O) groups is 2. The van der Waals surface area contributed by atoms with Gasteiger partial charge in [0, 0.05) is 20.6 Å². The summed E-state index contributed by atoms with van der Waals surface area (Å²) in [6.07, 6.45) is 2.49. The van der Waals surface area contributed by atoms with Crippen LogP contribution < -0.4 is 10.6 Å². The summed E-state index contributed by atoms with van der Waals surface area (Å²) >= 11 is 0. The molecule has 0 bridgehead atoms. The Kier molecular flexibility index (Phi) is 5.08. The van der Waals surface area contributed by atoms with Crippen LogP contribution in [0.25, 0.3) is 0 Å². The summed E-state index contributed by atoms with van der Waals surface area (Å²) in [6, 6.07) is 1.60. The number of hydrogen-bond donors (Lipinski definition) is 2. The van der Waals surface area contributed by atoms with Crippen molar-refractivity contribution in [1.82, 2.24) is 30.5 Å². The summed E-state index contributed by atoms with van der Waals surface area (Å²) in [7, 11) is 3.35. The molecule has 2 N–H and O–H groups in total. The van der Waals surface area contributed by atoms with Gasteiger partial charge in [-0.1, -0.05) is 5.21 Å². The summed E-state index contributed by atoms with van der Waals surface area (Å²) in [5, 5.41) is 14.1. The second kappa shape index (κ2) is 7.28. The van der Waals surface area contributed by atoms with E-state index >= 15 is 0 Å². The Hall–Kier alpha value is -2.68. The molecule has 3 rings (SSSR count). The minimum Gasteiger partial charge on any atom is -0.466 e. The quantitative estimate of drug-likeness (QED) is 0.800. The molecule has 3 heterocycles. The molecule has 2 atom stereocenters. The maximum Gasteiger partial charge on any atom is 0.257 e. The summed E-state index contributed by atoms with van der Waals surface area (Å²) in [4.78, 5) is 25.9. The van der Waals surface area contributed by atoms with E-state index in [0.717, 1.165) is 0 Å². The molecule has 2 aromatic rings. The minimum atomic E-state index is -0.214. The van der Waals surface area contributed by atoms with E-state index in [2.05, 4.69) is 20.9 Å². The second-order valence-corrected chi connectivity index (χ2v) is 6.64. The Morgan fingerprint density at radius 1 is 1.46 bits per heavy atom. The van der Waals surface area contributed by atoms with Gasteiger partial charge in [0.05, 0.1) is 30.4 Å². The number of nitrogens with one attached hydrogen (secondary N) is 2. The van der Waals surface area contributed by atoms with Gasteiger partial charge < -0.3 is 20.0 Å². The van der Waals surface area contributed by atoms with Gasteiger partial charge in [-0.25, -0.2) is 4.68 Å². The van der Waals surface area contributed by atoms with Gasteiger partial charge >= 0.3 is 0 Å². The number of aromatic nitrogens is 3. The van der Waals surface area contributed by atoms with E-state index in [1.54, 1.807) is 36.7 Å². The van der Waals surface area contributed by atoms with Crippen molar-refractivity contribution in [2.24, 2.45) is 0 Å². The summed E-state index contributed by atoms with van der Waals surface area (Å²) in [5.74, 6) is 1.19. The van der Waals surface area contributed by atoms with Crippen molar-refractivity contribution in [3.63, 3.8) is 0 Å². The lowest BCUT2D eigenvalue weighted by Crippen LogP contribution is -2.38. The van der Waals surface area contributed by atoms with Crippen LogP contribution in [-0.2, 0) is 11.3 Å². The molecule has 1 saturated heterocycles. The third kappa shape index (κ3) is 3.62. The van der Waals surface area contributed by atoms with Crippen LogP contribution in [0.4, 0.5) is 0 Å². The molecule has 9 heteroatoms. The largest absolute Gasteiger partial charge is 0.466 e. The molecule has 140 valence electrons. The number of rotatable bonds is 5. The molecule has 2 amide bonds. The van der Waals surface area contributed by atoms with E-state index in [4.69, 9.17) is 4.42 Å². The summed E-state index contributed by atoms with van der Waals surface area (Å²) in [5.41, 5.74) is 1.26. The molecule has 0 unspecified atom stereocenters. The van der Waals surface area contributed by atoms with Gasteiger partial charge in [0.25, 0.3) is 5.91 Å². The third-order valence-electron chi connectivity index (χ3n) is 4.62. The molecule has 0 aliphatic carbocycles. The maximum atomic E-state index is 12.6. The summed E-state index contributed by atoms with van der Waals surface area (Å²) in [6.45, 7) is 4.60. The number of likely N-dealkylation sites (N-methyl/N-ethyl adjacent to an activating group) is 1. The van der Waals surface area contributed by atoms with Gasteiger partial charge in [-0.3, -0.25) is 9.59 Å². The lowest BCUT2D eigenvalue weighted by atomic mass is 10.1. The Balaban J connectivity index is 1.62. The smallest absolute Gasteiger partial charge is 0.257 e. The monoisotopic (exact) mass is 360 g/mol. The molecule has 0 radical (unpaired) electrons. The van der Waals surface area contributed by atoms with Crippen LogP contribution in [0.3, 0.4) is 0 Å². The Bertz CT molecular complexity index is 811. The summed E-state index contributed by atoms with van der Waals surface area (Å²) < 4.78 is 7.19. The topological polar surface area (TPSA) is 105 Å². The minimum absolute atomic E-state index is 0.0241. The van der Waals surface area contributed by atoms with Crippen molar-refractivity contribution in [3.8, 4) is 0 Å². The zero-order valence-electron chi connectivity index (χ0n) is 15.4. The van der Waals surface area contributed by atoms with Gasteiger partial charge in [-0.2, -0.15) is 0 Å². The molecule has 0 aromatic carbocycles.